The SMILES string of the molecule is C=Nc1ncc2c(n1)N(CCN(C)C)CC(c1ccc(-c3cncc(C)n3)cc1Cl)=C2. The minimum Gasteiger partial charge on any atom is -0.350 e. The molecule has 0 N–H and O–H groups in total. The number of aliphatic imine (C=N–C) groups is 1. The standard InChI is InChI=1S/C23H24ClN7/c1-15-11-26-13-21(28-15)16-5-6-19(20(24)10-16)18-9-17-12-27-23(25-2)29-22(17)31(14-18)8-7-30(3)4/h5-6,9-13H,2,7-8,14H2,1,3-4H3. The number of fused-ring (bicyclic) bond motifs is 1. The zero-order chi connectivity index (χ0) is 22.0. The van der Waals surface area contributed by atoms with E-state index in [2.05, 4.69) is 61.6 Å². The second-order valence-electron chi connectivity index (χ2n) is 7.74. The molecular formula is C23H24ClN7. The number of hydrogen-bond donors (Lipinski definition) is 0. The molecule has 7 nitrogen and oxygen atoms in total. The highest BCUT2D eigenvalue weighted by molar-refractivity contribution is 6.33. The lowest BCUT2D eigenvalue weighted by Crippen LogP contribution is -2.35. The van der Waals surface area contributed by atoms with Gasteiger partial charge in [0.05, 0.1) is 17.6 Å². The van der Waals surface area contributed by atoms with Crippen LogP contribution in [0, 0.1) is 6.92 Å². The normalized spacial score (nSPS) is 13.2. The van der Waals surface area contributed by atoms with Crippen LogP contribution in [-0.2, 0) is 0 Å². The van der Waals surface area contributed by atoms with E-state index in [-0.39, 0.29) is 0 Å². The van der Waals surface area contributed by atoms with Gasteiger partial charge in [-0.2, -0.15) is 4.98 Å². The van der Waals surface area contributed by atoms with Gasteiger partial charge in [-0.25, -0.2) is 15.0 Å². The van der Waals surface area contributed by atoms with Crippen molar-refractivity contribution in [1.29, 1.82) is 0 Å². The van der Waals surface area contributed by atoms with Crippen LogP contribution in [0.25, 0.3) is 22.9 Å². The molecular weight excluding hydrogens is 410 g/mol. The van der Waals surface area contributed by atoms with Gasteiger partial charge in [-0.3, -0.25) is 4.98 Å². The Morgan fingerprint density at radius 1 is 1.19 bits per heavy atom. The predicted octanol–water partition coefficient (Wildman–Crippen LogP) is 4.15. The molecule has 0 radical (unpaired) electrons. The van der Waals surface area contributed by atoms with Gasteiger partial charge < -0.3 is 9.80 Å². The molecule has 0 amide bonds. The molecule has 2 aromatic heterocycles. The van der Waals surface area contributed by atoms with E-state index in [1.165, 1.54) is 0 Å². The summed E-state index contributed by atoms with van der Waals surface area (Å²) in [7, 11) is 4.12. The first-order valence-corrected chi connectivity index (χ1v) is 10.4. The lowest BCUT2D eigenvalue weighted by Gasteiger charge is -2.31. The van der Waals surface area contributed by atoms with Crippen LogP contribution in [0.1, 0.15) is 16.8 Å². The summed E-state index contributed by atoms with van der Waals surface area (Å²) in [6.07, 6.45) is 7.38. The Kier molecular flexibility index (Phi) is 6.06. The average Bonchev–Trinajstić information content (AvgIpc) is 2.76. The van der Waals surface area contributed by atoms with E-state index in [4.69, 9.17) is 11.6 Å². The first-order valence-electron chi connectivity index (χ1n) is 9.97. The molecule has 0 atom stereocenters. The van der Waals surface area contributed by atoms with Gasteiger partial charge in [0.1, 0.15) is 5.82 Å². The molecule has 0 saturated carbocycles. The number of hydrogen-bond acceptors (Lipinski definition) is 7. The summed E-state index contributed by atoms with van der Waals surface area (Å²) in [5.74, 6) is 1.25. The molecule has 0 aliphatic carbocycles. The number of nitrogens with zero attached hydrogens (tertiary/aromatic N) is 7. The summed E-state index contributed by atoms with van der Waals surface area (Å²) in [5.41, 5.74) is 5.66. The average molecular weight is 434 g/mol. The van der Waals surface area contributed by atoms with Crippen molar-refractivity contribution in [3.8, 4) is 11.3 Å². The molecule has 158 valence electrons. The van der Waals surface area contributed by atoms with Gasteiger partial charge >= 0.3 is 0 Å². The van der Waals surface area contributed by atoms with Crippen LogP contribution in [0.15, 0.2) is 41.8 Å². The zero-order valence-electron chi connectivity index (χ0n) is 17.9. The van der Waals surface area contributed by atoms with Crippen molar-refractivity contribution >= 4 is 41.7 Å². The summed E-state index contributed by atoms with van der Waals surface area (Å²) < 4.78 is 0. The van der Waals surface area contributed by atoms with E-state index in [0.717, 1.165) is 52.6 Å². The molecule has 0 saturated heterocycles. The molecule has 3 heterocycles. The highest BCUT2D eigenvalue weighted by Gasteiger charge is 2.22. The molecule has 0 spiro atoms. The van der Waals surface area contributed by atoms with Crippen LogP contribution in [0.5, 0.6) is 0 Å². The van der Waals surface area contributed by atoms with Crippen LogP contribution in [0.4, 0.5) is 11.8 Å². The van der Waals surface area contributed by atoms with Gasteiger partial charge in [-0.05, 0) is 51.0 Å². The van der Waals surface area contributed by atoms with E-state index in [0.29, 0.717) is 17.5 Å². The van der Waals surface area contributed by atoms with Crippen molar-refractivity contribution in [1.82, 2.24) is 24.8 Å². The largest absolute Gasteiger partial charge is 0.350 e. The molecule has 0 bridgehead atoms. The van der Waals surface area contributed by atoms with Gasteiger partial charge in [0, 0.05) is 48.2 Å². The second kappa shape index (κ2) is 8.91. The number of benzene rings is 1. The third-order valence-electron chi connectivity index (χ3n) is 5.10. The van der Waals surface area contributed by atoms with Gasteiger partial charge in [0.25, 0.3) is 5.95 Å². The van der Waals surface area contributed by atoms with Crippen LogP contribution < -0.4 is 4.90 Å². The molecule has 0 unspecified atom stereocenters. The minimum absolute atomic E-state index is 0.382. The Morgan fingerprint density at radius 2 is 2.03 bits per heavy atom. The molecule has 8 heteroatoms. The van der Waals surface area contributed by atoms with E-state index in [9.17, 15) is 0 Å². The Morgan fingerprint density at radius 3 is 2.74 bits per heavy atom. The van der Waals surface area contributed by atoms with Crippen molar-refractivity contribution in [2.24, 2.45) is 4.99 Å². The lowest BCUT2D eigenvalue weighted by molar-refractivity contribution is 0.414. The molecule has 1 aliphatic rings. The Labute approximate surface area is 187 Å². The Balaban J connectivity index is 1.71. The molecule has 1 aliphatic heterocycles. The molecule has 0 fully saturated rings. The number of rotatable bonds is 6. The van der Waals surface area contributed by atoms with Crippen LogP contribution in [-0.4, -0.2) is 65.3 Å². The van der Waals surface area contributed by atoms with E-state index >= 15 is 0 Å². The quantitative estimate of drug-likeness (QED) is 0.544. The van der Waals surface area contributed by atoms with Crippen molar-refractivity contribution in [3.63, 3.8) is 0 Å². The topological polar surface area (TPSA) is 70.4 Å². The third kappa shape index (κ3) is 4.62. The lowest BCUT2D eigenvalue weighted by atomic mass is 9.98. The maximum Gasteiger partial charge on any atom is 0.250 e. The summed E-state index contributed by atoms with van der Waals surface area (Å²) in [6, 6.07) is 6.03. The number of likely N-dealkylation sites (N-methyl/N-ethyl adjacent to an activating group) is 1. The number of halogens is 1. The Hall–Kier alpha value is -3.16. The maximum atomic E-state index is 6.73. The fraction of sp³-hybridized carbons (Fsp3) is 0.261. The van der Waals surface area contributed by atoms with E-state index in [1.807, 2.05) is 25.1 Å². The first-order chi connectivity index (χ1) is 14.9. The smallest absolute Gasteiger partial charge is 0.250 e. The summed E-state index contributed by atoms with van der Waals surface area (Å²) in [4.78, 5) is 25.9. The zero-order valence-corrected chi connectivity index (χ0v) is 18.6. The van der Waals surface area contributed by atoms with Crippen LogP contribution >= 0.6 is 11.6 Å². The minimum atomic E-state index is 0.382. The number of anilines is 1. The third-order valence-corrected chi connectivity index (χ3v) is 5.41. The highest BCUT2D eigenvalue weighted by Crippen LogP contribution is 2.36. The van der Waals surface area contributed by atoms with Crippen molar-refractivity contribution < 1.29 is 0 Å². The maximum absolute atomic E-state index is 6.73. The van der Waals surface area contributed by atoms with Gasteiger partial charge in [0.2, 0.25) is 0 Å². The molecule has 31 heavy (non-hydrogen) atoms. The summed E-state index contributed by atoms with van der Waals surface area (Å²) in [6.45, 7) is 7.88. The van der Waals surface area contributed by atoms with Crippen LogP contribution in [0.2, 0.25) is 5.02 Å². The predicted molar refractivity (Wildman–Crippen MR) is 127 cm³/mol. The van der Waals surface area contributed by atoms with Crippen molar-refractivity contribution in [2.75, 3.05) is 38.6 Å². The van der Waals surface area contributed by atoms with E-state index in [1.54, 1.807) is 18.6 Å². The summed E-state index contributed by atoms with van der Waals surface area (Å²) >= 11 is 6.73. The highest BCUT2D eigenvalue weighted by atomic mass is 35.5. The molecule has 1 aromatic carbocycles. The van der Waals surface area contributed by atoms with Gasteiger partial charge in [0.15, 0.2) is 0 Å². The van der Waals surface area contributed by atoms with Crippen molar-refractivity contribution in [3.05, 3.63) is 58.6 Å². The van der Waals surface area contributed by atoms with E-state index < -0.39 is 0 Å². The fourth-order valence-corrected chi connectivity index (χ4v) is 3.83. The number of aryl methyl sites for hydroxylation is 1. The molecule has 4 rings (SSSR count). The molecule has 3 aromatic rings. The van der Waals surface area contributed by atoms with Crippen LogP contribution in [0.3, 0.4) is 0 Å². The summed E-state index contributed by atoms with van der Waals surface area (Å²) in [5, 5.41) is 0.674. The van der Waals surface area contributed by atoms with Crippen molar-refractivity contribution in [2.45, 2.75) is 6.92 Å². The first kappa shape index (κ1) is 21.1. The van der Waals surface area contributed by atoms with Gasteiger partial charge in [-0.15, -0.1) is 0 Å². The second-order valence-corrected chi connectivity index (χ2v) is 8.15. The monoisotopic (exact) mass is 433 g/mol. The Bertz CT molecular complexity index is 1160. The number of aromatic nitrogens is 4. The van der Waals surface area contributed by atoms with Gasteiger partial charge in [-0.1, -0.05) is 23.7 Å². The fourth-order valence-electron chi connectivity index (χ4n) is 3.52.